The summed E-state index contributed by atoms with van der Waals surface area (Å²) < 4.78 is 0. The highest BCUT2D eigenvalue weighted by Gasteiger charge is 2.07. The van der Waals surface area contributed by atoms with Crippen LogP contribution in [-0.4, -0.2) is 23.5 Å². The number of rotatable bonds is 5. The standard InChI is InChI=1S/C14H17NO3/c1-10-6-7-12(13(9-10)14(17)18)5-3-4-8-15-11(2)16/h3,5-7,9H,4,8H2,1-2H3,(H,15,16)(H,17,18). The summed E-state index contributed by atoms with van der Waals surface area (Å²) in [6.07, 6.45) is 4.30. The van der Waals surface area contributed by atoms with Crippen molar-refractivity contribution in [2.24, 2.45) is 0 Å². The SMILES string of the molecule is CC(=O)NCCC=Cc1ccc(C)cc1C(=O)O. The molecule has 96 valence electrons. The second kappa shape index (κ2) is 6.59. The van der Waals surface area contributed by atoms with Crippen LogP contribution in [0.4, 0.5) is 0 Å². The minimum Gasteiger partial charge on any atom is -0.478 e. The third-order valence-electron chi connectivity index (χ3n) is 2.42. The molecule has 0 atom stereocenters. The van der Waals surface area contributed by atoms with Gasteiger partial charge in [-0.25, -0.2) is 4.79 Å². The first kappa shape index (κ1) is 14.0. The molecule has 4 nitrogen and oxygen atoms in total. The summed E-state index contributed by atoms with van der Waals surface area (Å²) in [5.41, 5.74) is 1.89. The fraction of sp³-hybridized carbons (Fsp3) is 0.286. The molecule has 1 amide bonds. The predicted octanol–water partition coefficient (Wildman–Crippen LogP) is 2.23. The van der Waals surface area contributed by atoms with Crippen LogP contribution in [0.3, 0.4) is 0 Å². The quantitative estimate of drug-likeness (QED) is 0.784. The van der Waals surface area contributed by atoms with E-state index in [1.54, 1.807) is 18.2 Å². The molecule has 1 aromatic rings. The van der Waals surface area contributed by atoms with Crippen LogP contribution < -0.4 is 5.32 Å². The lowest BCUT2D eigenvalue weighted by atomic mass is 10.0. The average Bonchev–Trinajstić information content (AvgIpc) is 2.29. The summed E-state index contributed by atoms with van der Waals surface area (Å²) >= 11 is 0. The maximum atomic E-state index is 11.1. The number of carboxylic acids is 1. The van der Waals surface area contributed by atoms with E-state index in [1.807, 2.05) is 19.1 Å². The molecule has 0 aliphatic carbocycles. The lowest BCUT2D eigenvalue weighted by molar-refractivity contribution is -0.118. The van der Waals surface area contributed by atoms with Gasteiger partial charge < -0.3 is 10.4 Å². The van der Waals surface area contributed by atoms with E-state index >= 15 is 0 Å². The number of carboxylic acid groups (broad SMARTS) is 1. The molecule has 2 N–H and O–H groups in total. The Hall–Kier alpha value is -2.10. The normalized spacial score (nSPS) is 10.6. The van der Waals surface area contributed by atoms with Gasteiger partial charge in [-0.05, 0) is 25.0 Å². The van der Waals surface area contributed by atoms with Crippen LogP contribution in [0.25, 0.3) is 6.08 Å². The molecule has 1 aromatic carbocycles. The summed E-state index contributed by atoms with van der Waals surface area (Å²) in [4.78, 5) is 21.7. The van der Waals surface area contributed by atoms with E-state index in [1.165, 1.54) is 6.92 Å². The van der Waals surface area contributed by atoms with Gasteiger partial charge in [0.2, 0.25) is 5.91 Å². The number of carbonyl (C=O) groups excluding carboxylic acids is 1. The number of aryl methyl sites for hydroxylation is 1. The van der Waals surface area contributed by atoms with Crippen molar-refractivity contribution < 1.29 is 14.7 Å². The minimum atomic E-state index is -0.930. The zero-order valence-corrected chi connectivity index (χ0v) is 10.6. The molecule has 0 aliphatic heterocycles. The van der Waals surface area contributed by atoms with E-state index in [-0.39, 0.29) is 5.91 Å². The van der Waals surface area contributed by atoms with E-state index in [2.05, 4.69) is 5.32 Å². The van der Waals surface area contributed by atoms with E-state index in [9.17, 15) is 9.59 Å². The van der Waals surface area contributed by atoms with Crippen LogP contribution >= 0.6 is 0 Å². The van der Waals surface area contributed by atoms with Crippen LogP contribution in [-0.2, 0) is 4.79 Å². The largest absolute Gasteiger partial charge is 0.478 e. The van der Waals surface area contributed by atoms with Crippen molar-refractivity contribution in [1.82, 2.24) is 5.32 Å². The van der Waals surface area contributed by atoms with Crippen molar-refractivity contribution in [3.05, 3.63) is 41.0 Å². The highest BCUT2D eigenvalue weighted by Crippen LogP contribution is 2.13. The Bertz CT molecular complexity index is 478. The summed E-state index contributed by atoms with van der Waals surface area (Å²) in [5.74, 6) is -0.995. The molecule has 0 saturated heterocycles. The highest BCUT2D eigenvalue weighted by molar-refractivity contribution is 5.92. The van der Waals surface area contributed by atoms with Gasteiger partial charge in [-0.3, -0.25) is 4.79 Å². The third kappa shape index (κ3) is 4.41. The van der Waals surface area contributed by atoms with Gasteiger partial charge in [-0.2, -0.15) is 0 Å². The van der Waals surface area contributed by atoms with Crippen molar-refractivity contribution in [2.45, 2.75) is 20.3 Å². The van der Waals surface area contributed by atoms with Crippen LogP contribution in [0.2, 0.25) is 0 Å². The van der Waals surface area contributed by atoms with Crippen LogP contribution in [0, 0.1) is 6.92 Å². The zero-order valence-electron chi connectivity index (χ0n) is 10.6. The Morgan fingerprint density at radius 3 is 2.72 bits per heavy atom. The first-order chi connectivity index (χ1) is 8.50. The highest BCUT2D eigenvalue weighted by atomic mass is 16.4. The van der Waals surface area contributed by atoms with Crippen molar-refractivity contribution in [1.29, 1.82) is 0 Å². The average molecular weight is 247 g/mol. The number of hydrogen-bond acceptors (Lipinski definition) is 2. The molecule has 0 bridgehead atoms. The molecule has 4 heteroatoms. The first-order valence-corrected chi connectivity index (χ1v) is 5.75. The van der Waals surface area contributed by atoms with Crippen molar-refractivity contribution >= 4 is 18.0 Å². The van der Waals surface area contributed by atoms with Crippen molar-refractivity contribution in [2.75, 3.05) is 6.54 Å². The molecule has 0 fully saturated rings. The van der Waals surface area contributed by atoms with E-state index < -0.39 is 5.97 Å². The number of nitrogens with one attached hydrogen (secondary N) is 1. The van der Waals surface area contributed by atoms with E-state index in [4.69, 9.17) is 5.11 Å². The Morgan fingerprint density at radius 2 is 2.11 bits per heavy atom. The second-order valence-corrected chi connectivity index (χ2v) is 4.07. The summed E-state index contributed by atoms with van der Waals surface area (Å²) in [6, 6.07) is 5.31. The molecule has 1 rings (SSSR count). The van der Waals surface area contributed by atoms with Crippen LogP contribution in [0.15, 0.2) is 24.3 Å². The fourth-order valence-electron chi connectivity index (χ4n) is 1.54. The summed E-state index contributed by atoms with van der Waals surface area (Å²) in [6.45, 7) is 3.88. The lowest BCUT2D eigenvalue weighted by Crippen LogP contribution is -2.20. The second-order valence-electron chi connectivity index (χ2n) is 4.07. The molecule has 0 saturated carbocycles. The van der Waals surface area contributed by atoms with Gasteiger partial charge in [0.25, 0.3) is 0 Å². The molecule has 0 aromatic heterocycles. The molecular weight excluding hydrogens is 230 g/mol. The van der Waals surface area contributed by atoms with Gasteiger partial charge in [0, 0.05) is 13.5 Å². The monoisotopic (exact) mass is 247 g/mol. The number of aromatic carboxylic acids is 1. The van der Waals surface area contributed by atoms with E-state index in [0.717, 1.165) is 5.56 Å². The summed E-state index contributed by atoms with van der Waals surface area (Å²) in [5, 5.41) is 11.7. The number of amides is 1. The maximum absolute atomic E-state index is 11.1. The Kier molecular flexibility index (Phi) is 5.11. The van der Waals surface area contributed by atoms with Gasteiger partial charge in [0.1, 0.15) is 0 Å². The Morgan fingerprint density at radius 1 is 1.39 bits per heavy atom. The molecule has 0 aliphatic rings. The smallest absolute Gasteiger partial charge is 0.336 e. The zero-order chi connectivity index (χ0) is 13.5. The third-order valence-corrected chi connectivity index (χ3v) is 2.42. The first-order valence-electron chi connectivity index (χ1n) is 5.75. The molecule has 0 unspecified atom stereocenters. The van der Waals surface area contributed by atoms with Gasteiger partial charge >= 0.3 is 5.97 Å². The molecule has 0 radical (unpaired) electrons. The van der Waals surface area contributed by atoms with Gasteiger partial charge in [-0.15, -0.1) is 0 Å². The van der Waals surface area contributed by atoms with Crippen molar-refractivity contribution in [3.63, 3.8) is 0 Å². The van der Waals surface area contributed by atoms with E-state index in [0.29, 0.717) is 24.1 Å². The lowest BCUT2D eigenvalue weighted by Gasteiger charge is -2.03. The molecule has 0 spiro atoms. The van der Waals surface area contributed by atoms with Gasteiger partial charge in [0.15, 0.2) is 0 Å². The molecule has 18 heavy (non-hydrogen) atoms. The minimum absolute atomic E-state index is 0.0649. The van der Waals surface area contributed by atoms with Gasteiger partial charge in [0.05, 0.1) is 5.56 Å². The Balaban J connectivity index is 2.69. The fourth-order valence-corrected chi connectivity index (χ4v) is 1.54. The van der Waals surface area contributed by atoms with Crippen LogP contribution in [0.1, 0.15) is 34.8 Å². The van der Waals surface area contributed by atoms with Gasteiger partial charge in [-0.1, -0.05) is 29.8 Å². The predicted molar refractivity (Wildman–Crippen MR) is 70.5 cm³/mol. The maximum Gasteiger partial charge on any atom is 0.336 e. The number of carbonyl (C=O) groups is 2. The van der Waals surface area contributed by atoms with Crippen molar-refractivity contribution in [3.8, 4) is 0 Å². The van der Waals surface area contributed by atoms with Crippen LogP contribution in [0.5, 0.6) is 0 Å². The molecular formula is C14H17NO3. The molecule has 0 heterocycles. The number of hydrogen-bond donors (Lipinski definition) is 2. The topological polar surface area (TPSA) is 66.4 Å². The summed E-state index contributed by atoms with van der Waals surface area (Å²) in [7, 11) is 0. The Labute approximate surface area is 106 Å². The number of benzene rings is 1.